The quantitative estimate of drug-likeness (QED) is 0.859. The van der Waals surface area contributed by atoms with Crippen LogP contribution in [-0.2, 0) is 17.8 Å². The van der Waals surface area contributed by atoms with Gasteiger partial charge in [-0.25, -0.2) is 0 Å². The van der Waals surface area contributed by atoms with Gasteiger partial charge in [0.1, 0.15) is 17.4 Å². The molecule has 5 rings (SSSR count). The number of likely N-dealkylation sites (tertiary alicyclic amines) is 1. The summed E-state index contributed by atoms with van der Waals surface area (Å²) in [5.41, 5.74) is 4.07. The van der Waals surface area contributed by atoms with E-state index >= 15 is 0 Å². The van der Waals surface area contributed by atoms with Crippen molar-refractivity contribution < 1.29 is 9.53 Å². The predicted octanol–water partition coefficient (Wildman–Crippen LogP) is 3.41. The molecule has 0 bridgehead atoms. The van der Waals surface area contributed by atoms with Gasteiger partial charge in [-0.3, -0.25) is 9.69 Å². The summed E-state index contributed by atoms with van der Waals surface area (Å²) in [7, 11) is 0. The Morgan fingerprint density at radius 1 is 1.15 bits per heavy atom. The molecular formula is C22H25N3O2. The predicted molar refractivity (Wildman–Crippen MR) is 106 cm³/mol. The third-order valence-corrected chi connectivity index (χ3v) is 6.06. The monoisotopic (exact) mass is 363 g/mol. The second-order valence-electron chi connectivity index (χ2n) is 8.06. The van der Waals surface area contributed by atoms with Crippen molar-refractivity contribution in [2.75, 3.05) is 23.7 Å². The number of hydrogen-bond donors (Lipinski definition) is 2. The molecule has 0 aromatic heterocycles. The van der Waals surface area contributed by atoms with Crippen molar-refractivity contribution >= 4 is 17.3 Å². The van der Waals surface area contributed by atoms with Crippen LogP contribution in [0.5, 0.6) is 5.75 Å². The van der Waals surface area contributed by atoms with Crippen LogP contribution in [-0.4, -0.2) is 35.5 Å². The minimum absolute atomic E-state index is 0.101. The fourth-order valence-electron chi connectivity index (χ4n) is 4.53. The lowest BCUT2D eigenvalue weighted by Gasteiger charge is -2.44. The number of amides is 1. The number of piperidine rings is 1. The van der Waals surface area contributed by atoms with Gasteiger partial charge in [-0.15, -0.1) is 0 Å². The van der Waals surface area contributed by atoms with Crippen molar-refractivity contribution in [1.82, 2.24) is 4.90 Å². The van der Waals surface area contributed by atoms with Gasteiger partial charge in [-0.2, -0.15) is 0 Å². The molecule has 1 saturated heterocycles. The Morgan fingerprint density at radius 3 is 2.74 bits per heavy atom. The first-order valence-electron chi connectivity index (χ1n) is 9.81. The molecule has 1 fully saturated rings. The molecule has 3 aliphatic rings. The smallest absolute Gasteiger partial charge is 0.250 e. The number of nitrogens with one attached hydrogen (secondary N) is 2. The van der Waals surface area contributed by atoms with E-state index in [1.165, 1.54) is 11.1 Å². The first-order chi connectivity index (χ1) is 13.1. The molecule has 27 heavy (non-hydrogen) atoms. The van der Waals surface area contributed by atoms with E-state index in [1.807, 2.05) is 24.3 Å². The minimum atomic E-state index is -0.480. The largest absolute Gasteiger partial charge is 0.490 e. The average Bonchev–Trinajstić information content (AvgIpc) is 3.04. The number of fused-ring (bicyclic) bond motifs is 2. The summed E-state index contributed by atoms with van der Waals surface area (Å²) in [6.45, 7) is 4.86. The summed E-state index contributed by atoms with van der Waals surface area (Å²) in [6.07, 6.45) is 2.91. The first kappa shape index (κ1) is 16.6. The van der Waals surface area contributed by atoms with E-state index in [2.05, 4.69) is 40.7 Å². The van der Waals surface area contributed by atoms with Gasteiger partial charge in [-0.1, -0.05) is 24.3 Å². The Morgan fingerprint density at radius 2 is 1.93 bits per heavy atom. The standard InChI is InChI=1S/C22H25N3O2/c1-15-12-17-13-16(6-7-20(17)27-15)14-25-10-8-22(9-11-25)21(26)23-18-4-2-3-5-19(18)24-22/h2-7,13,15,24H,8-12,14H2,1H3,(H,23,26)/t15-/m1/s1. The van der Waals surface area contributed by atoms with Crippen LogP contribution in [0.15, 0.2) is 42.5 Å². The van der Waals surface area contributed by atoms with Gasteiger partial charge in [0.25, 0.3) is 0 Å². The van der Waals surface area contributed by atoms with Crippen molar-refractivity contribution in [1.29, 1.82) is 0 Å². The fraction of sp³-hybridized carbons (Fsp3) is 0.409. The summed E-state index contributed by atoms with van der Waals surface area (Å²) in [4.78, 5) is 15.2. The van der Waals surface area contributed by atoms with Crippen LogP contribution in [0.4, 0.5) is 11.4 Å². The number of carbonyl (C=O) groups excluding carboxylic acids is 1. The van der Waals surface area contributed by atoms with Gasteiger partial charge < -0.3 is 15.4 Å². The summed E-state index contributed by atoms with van der Waals surface area (Å²) in [6, 6.07) is 14.5. The Labute approximate surface area is 159 Å². The molecule has 3 heterocycles. The lowest BCUT2D eigenvalue weighted by Crippen LogP contribution is -2.58. The molecule has 2 aromatic rings. The van der Waals surface area contributed by atoms with Crippen LogP contribution in [0, 0.1) is 0 Å². The maximum Gasteiger partial charge on any atom is 0.250 e. The number of benzene rings is 2. The van der Waals surface area contributed by atoms with Crippen molar-refractivity contribution in [3.05, 3.63) is 53.6 Å². The van der Waals surface area contributed by atoms with Gasteiger partial charge in [0.2, 0.25) is 5.91 Å². The summed E-state index contributed by atoms with van der Waals surface area (Å²) in [5, 5.41) is 6.61. The van der Waals surface area contributed by atoms with Gasteiger partial charge in [0.05, 0.1) is 11.4 Å². The van der Waals surface area contributed by atoms with E-state index in [-0.39, 0.29) is 12.0 Å². The highest BCUT2D eigenvalue weighted by Gasteiger charge is 2.44. The summed E-state index contributed by atoms with van der Waals surface area (Å²) >= 11 is 0. The third-order valence-electron chi connectivity index (χ3n) is 6.06. The van der Waals surface area contributed by atoms with Gasteiger partial charge in [0, 0.05) is 26.1 Å². The number of carbonyl (C=O) groups is 1. The molecule has 2 N–H and O–H groups in total. The van der Waals surface area contributed by atoms with Crippen LogP contribution in [0.3, 0.4) is 0 Å². The van der Waals surface area contributed by atoms with Crippen molar-refractivity contribution in [2.45, 2.75) is 44.4 Å². The van der Waals surface area contributed by atoms with Crippen LogP contribution >= 0.6 is 0 Å². The zero-order valence-corrected chi connectivity index (χ0v) is 15.6. The number of rotatable bonds is 2. The molecule has 1 atom stereocenters. The molecule has 1 amide bonds. The highest BCUT2D eigenvalue weighted by Crippen LogP contribution is 2.37. The number of para-hydroxylation sites is 2. The number of nitrogens with zero attached hydrogens (tertiary/aromatic N) is 1. The van der Waals surface area contributed by atoms with Crippen LogP contribution in [0.2, 0.25) is 0 Å². The molecule has 0 radical (unpaired) electrons. The highest BCUT2D eigenvalue weighted by molar-refractivity contribution is 6.06. The van der Waals surface area contributed by atoms with E-state index in [4.69, 9.17) is 4.74 Å². The Balaban J connectivity index is 1.26. The SMILES string of the molecule is C[C@@H]1Cc2cc(CN3CCC4(CC3)Nc3ccccc3NC4=O)ccc2O1. The zero-order valence-electron chi connectivity index (χ0n) is 15.6. The Bertz CT molecular complexity index is 887. The number of hydrogen-bond acceptors (Lipinski definition) is 4. The highest BCUT2D eigenvalue weighted by atomic mass is 16.5. The van der Waals surface area contributed by atoms with Crippen molar-refractivity contribution in [3.63, 3.8) is 0 Å². The van der Waals surface area contributed by atoms with E-state index in [0.29, 0.717) is 0 Å². The maximum absolute atomic E-state index is 12.8. The lowest BCUT2D eigenvalue weighted by molar-refractivity contribution is -0.122. The van der Waals surface area contributed by atoms with Crippen molar-refractivity contribution in [3.8, 4) is 5.75 Å². The van der Waals surface area contributed by atoms with E-state index < -0.39 is 5.54 Å². The number of ether oxygens (including phenoxy) is 1. The van der Waals surface area contributed by atoms with Crippen LogP contribution in [0.1, 0.15) is 30.9 Å². The normalized spacial score (nSPS) is 23.1. The maximum atomic E-state index is 12.8. The molecule has 0 aliphatic carbocycles. The molecule has 140 valence electrons. The molecule has 5 heteroatoms. The number of anilines is 2. The lowest BCUT2D eigenvalue weighted by atomic mass is 9.84. The molecule has 0 saturated carbocycles. The first-order valence-corrected chi connectivity index (χ1v) is 9.81. The Hall–Kier alpha value is -2.53. The molecule has 2 aromatic carbocycles. The molecule has 0 unspecified atom stereocenters. The molecule has 5 nitrogen and oxygen atoms in total. The van der Waals surface area contributed by atoms with Crippen LogP contribution in [0.25, 0.3) is 0 Å². The second kappa shape index (κ2) is 6.27. The van der Waals surface area contributed by atoms with Crippen LogP contribution < -0.4 is 15.4 Å². The van der Waals surface area contributed by atoms with E-state index in [1.54, 1.807) is 0 Å². The molecule has 1 spiro atoms. The summed E-state index contributed by atoms with van der Waals surface area (Å²) in [5.74, 6) is 1.13. The Kier molecular flexibility index (Phi) is 3.86. The topological polar surface area (TPSA) is 53.6 Å². The minimum Gasteiger partial charge on any atom is -0.490 e. The molecule has 3 aliphatic heterocycles. The van der Waals surface area contributed by atoms with E-state index in [0.717, 1.165) is 56.0 Å². The fourth-order valence-corrected chi connectivity index (χ4v) is 4.53. The van der Waals surface area contributed by atoms with E-state index in [9.17, 15) is 4.79 Å². The third kappa shape index (κ3) is 2.96. The van der Waals surface area contributed by atoms with Crippen molar-refractivity contribution in [2.24, 2.45) is 0 Å². The zero-order chi connectivity index (χ0) is 18.4. The van der Waals surface area contributed by atoms with Gasteiger partial charge in [0.15, 0.2) is 0 Å². The van der Waals surface area contributed by atoms with Gasteiger partial charge in [-0.05, 0) is 49.1 Å². The second-order valence-corrected chi connectivity index (χ2v) is 8.06. The average molecular weight is 363 g/mol. The molecular weight excluding hydrogens is 338 g/mol. The summed E-state index contributed by atoms with van der Waals surface area (Å²) < 4.78 is 5.80. The van der Waals surface area contributed by atoms with Gasteiger partial charge >= 0.3 is 0 Å².